The lowest BCUT2D eigenvalue weighted by Gasteiger charge is -2.31. The van der Waals surface area contributed by atoms with Crippen LogP contribution in [0.2, 0.25) is 0 Å². The second-order valence-electron chi connectivity index (χ2n) is 7.62. The number of hydrogen-bond acceptors (Lipinski definition) is 7. The van der Waals surface area contributed by atoms with Gasteiger partial charge in [0.25, 0.3) is 0 Å². The molecule has 2 heterocycles. The first kappa shape index (κ1) is 23.2. The van der Waals surface area contributed by atoms with Gasteiger partial charge in [-0.1, -0.05) is 6.07 Å². The number of nitrogens with zero attached hydrogens (tertiary/aromatic N) is 6. The molecule has 2 amide bonds. The van der Waals surface area contributed by atoms with Crippen molar-refractivity contribution in [3.63, 3.8) is 0 Å². The smallest absolute Gasteiger partial charge is 0.324 e. The maximum atomic E-state index is 13.5. The average Bonchev–Trinajstić information content (AvgIpc) is 3.24. The fraction of sp³-hybridized carbons (Fsp3) is 0.391. The molecule has 0 N–H and O–H groups in total. The normalized spacial score (nSPS) is 10.9. The highest BCUT2D eigenvalue weighted by atomic mass is 16.5. The number of rotatable bonds is 9. The molecule has 0 aliphatic heterocycles. The van der Waals surface area contributed by atoms with E-state index < -0.39 is 0 Å². The van der Waals surface area contributed by atoms with Crippen molar-refractivity contribution in [2.24, 2.45) is 0 Å². The highest BCUT2D eigenvalue weighted by molar-refractivity contribution is 5.92. The highest BCUT2D eigenvalue weighted by Crippen LogP contribution is 2.24. The number of ether oxygens (including phenoxy) is 1. The van der Waals surface area contributed by atoms with Crippen molar-refractivity contribution in [2.75, 3.05) is 45.7 Å². The number of amides is 2. The molecule has 0 aliphatic rings. The maximum Gasteiger partial charge on any atom is 0.324 e. The van der Waals surface area contributed by atoms with E-state index in [0.29, 0.717) is 37.2 Å². The molecule has 0 atom stereocenters. The van der Waals surface area contributed by atoms with E-state index in [9.17, 15) is 4.79 Å². The molecule has 9 heteroatoms. The summed E-state index contributed by atoms with van der Waals surface area (Å²) in [5.74, 6) is 1.60. The fourth-order valence-corrected chi connectivity index (χ4v) is 3.15. The van der Waals surface area contributed by atoms with Gasteiger partial charge in [-0.2, -0.15) is 0 Å². The van der Waals surface area contributed by atoms with Crippen LogP contribution in [0.25, 0.3) is 11.5 Å². The van der Waals surface area contributed by atoms with Crippen LogP contribution in [-0.4, -0.2) is 71.9 Å². The predicted molar refractivity (Wildman–Crippen MR) is 123 cm³/mol. The molecule has 170 valence electrons. The number of anilines is 1. The van der Waals surface area contributed by atoms with E-state index in [1.54, 1.807) is 25.1 Å². The summed E-state index contributed by atoms with van der Waals surface area (Å²) >= 11 is 0. The Kier molecular flexibility index (Phi) is 7.77. The monoisotopic (exact) mass is 438 g/mol. The Bertz CT molecular complexity index is 1020. The first-order valence-electron chi connectivity index (χ1n) is 10.5. The minimum Gasteiger partial charge on any atom is -0.497 e. The van der Waals surface area contributed by atoms with E-state index >= 15 is 0 Å². The average molecular weight is 439 g/mol. The topological polar surface area (TPSA) is 87.8 Å². The van der Waals surface area contributed by atoms with Crippen LogP contribution in [0.1, 0.15) is 18.5 Å². The third kappa shape index (κ3) is 5.82. The van der Waals surface area contributed by atoms with Crippen molar-refractivity contribution >= 4 is 11.7 Å². The molecule has 32 heavy (non-hydrogen) atoms. The molecule has 0 radical (unpaired) electrons. The Morgan fingerprint density at radius 2 is 1.94 bits per heavy atom. The lowest BCUT2D eigenvalue weighted by molar-refractivity contribution is 0.201. The number of carbonyl (C=O) groups is 1. The van der Waals surface area contributed by atoms with Gasteiger partial charge in [0.05, 0.1) is 24.9 Å². The number of pyridine rings is 1. The van der Waals surface area contributed by atoms with E-state index in [-0.39, 0.29) is 6.03 Å². The number of likely N-dealkylation sites (N-methyl/N-ethyl adjacent to an activating group) is 2. The van der Waals surface area contributed by atoms with Gasteiger partial charge in [-0.15, -0.1) is 10.2 Å². The number of urea groups is 1. The molecule has 3 rings (SSSR count). The summed E-state index contributed by atoms with van der Waals surface area (Å²) in [6.45, 7) is 6.06. The standard InChI is InChI=1S/C23H30N6O3/c1-6-28(13-12-27(3)4)23(30)29(20-8-7-9-21(14-20)31-5)16-19-11-10-18(15-24-19)22-26-25-17(2)32-22/h7-11,14-15H,6,12-13,16H2,1-5H3. The first-order valence-corrected chi connectivity index (χ1v) is 10.5. The van der Waals surface area contributed by atoms with Gasteiger partial charge < -0.3 is 19.0 Å². The van der Waals surface area contributed by atoms with Crippen LogP contribution in [0.15, 0.2) is 47.0 Å². The summed E-state index contributed by atoms with van der Waals surface area (Å²) in [6.07, 6.45) is 1.68. The lowest BCUT2D eigenvalue weighted by Crippen LogP contribution is -2.45. The van der Waals surface area contributed by atoms with Crippen molar-refractivity contribution in [2.45, 2.75) is 20.4 Å². The van der Waals surface area contributed by atoms with E-state index in [4.69, 9.17) is 9.15 Å². The summed E-state index contributed by atoms with van der Waals surface area (Å²) in [5, 5.41) is 7.88. The van der Waals surface area contributed by atoms with Gasteiger partial charge in [-0.25, -0.2) is 4.79 Å². The van der Waals surface area contributed by atoms with Crippen LogP contribution >= 0.6 is 0 Å². The lowest BCUT2D eigenvalue weighted by atomic mass is 10.2. The minimum absolute atomic E-state index is 0.0824. The summed E-state index contributed by atoms with van der Waals surface area (Å²) in [5.41, 5.74) is 2.22. The molecule has 0 saturated carbocycles. The number of benzene rings is 1. The van der Waals surface area contributed by atoms with Crippen LogP contribution in [0, 0.1) is 6.92 Å². The zero-order chi connectivity index (χ0) is 23.1. The van der Waals surface area contributed by atoms with Gasteiger partial charge in [-0.05, 0) is 45.3 Å². The third-order valence-corrected chi connectivity index (χ3v) is 4.98. The van der Waals surface area contributed by atoms with Gasteiger partial charge >= 0.3 is 6.03 Å². The first-order chi connectivity index (χ1) is 15.4. The SMILES string of the molecule is CCN(CCN(C)C)C(=O)N(Cc1ccc(-c2nnc(C)o2)cn1)c1cccc(OC)c1. The van der Waals surface area contributed by atoms with Crippen molar-refractivity contribution in [1.82, 2.24) is 25.0 Å². The van der Waals surface area contributed by atoms with E-state index in [2.05, 4.69) is 20.1 Å². The molecule has 0 fully saturated rings. The maximum absolute atomic E-state index is 13.5. The summed E-state index contributed by atoms with van der Waals surface area (Å²) in [6, 6.07) is 11.1. The van der Waals surface area contributed by atoms with Gasteiger partial charge in [0.2, 0.25) is 11.8 Å². The second kappa shape index (κ2) is 10.7. The Labute approximate surface area is 188 Å². The molecule has 0 aliphatic carbocycles. The van der Waals surface area contributed by atoms with E-state index in [0.717, 1.165) is 23.5 Å². The van der Waals surface area contributed by atoms with Crippen LogP contribution in [0.3, 0.4) is 0 Å². The quantitative estimate of drug-likeness (QED) is 0.505. The number of carbonyl (C=O) groups excluding carboxylic acids is 1. The van der Waals surface area contributed by atoms with Gasteiger partial charge in [0, 0.05) is 44.5 Å². The second-order valence-corrected chi connectivity index (χ2v) is 7.62. The minimum atomic E-state index is -0.0824. The summed E-state index contributed by atoms with van der Waals surface area (Å²) in [7, 11) is 5.60. The van der Waals surface area contributed by atoms with Crippen LogP contribution in [-0.2, 0) is 6.54 Å². The van der Waals surface area contributed by atoms with Crippen molar-refractivity contribution in [3.8, 4) is 17.2 Å². The van der Waals surface area contributed by atoms with Crippen LogP contribution in [0.4, 0.5) is 10.5 Å². The molecule has 3 aromatic rings. The Balaban J connectivity index is 1.87. The summed E-state index contributed by atoms with van der Waals surface area (Å²) in [4.78, 5) is 23.7. The predicted octanol–water partition coefficient (Wildman–Crippen LogP) is 3.46. The van der Waals surface area contributed by atoms with Crippen molar-refractivity contribution < 1.29 is 13.9 Å². The van der Waals surface area contributed by atoms with Crippen molar-refractivity contribution in [1.29, 1.82) is 0 Å². The largest absolute Gasteiger partial charge is 0.497 e. The number of hydrogen-bond donors (Lipinski definition) is 0. The molecule has 0 spiro atoms. The molecular weight excluding hydrogens is 408 g/mol. The van der Waals surface area contributed by atoms with Crippen LogP contribution < -0.4 is 9.64 Å². The number of aryl methyl sites for hydroxylation is 1. The number of methoxy groups -OCH3 is 1. The van der Waals surface area contributed by atoms with Gasteiger partial charge in [0.1, 0.15) is 5.75 Å². The van der Waals surface area contributed by atoms with Gasteiger partial charge in [0.15, 0.2) is 0 Å². The van der Waals surface area contributed by atoms with E-state index in [1.165, 1.54) is 0 Å². The zero-order valence-corrected chi connectivity index (χ0v) is 19.3. The molecule has 0 bridgehead atoms. The zero-order valence-electron chi connectivity index (χ0n) is 19.3. The van der Waals surface area contributed by atoms with E-state index in [1.807, 2.05) is 62.3 Å². The Morgan fingerprint density at radius 1 is 1.12 bits per heavy atom. The molecule has 1 aromatic carbocycles. The third-order valence-electron chi connectivity index (χ3n) is 4.98. The highest BCUT2D eigenvalue weighted by Gasteiger charge is 2.23. The summed E-state index contributed by atoms with van der Waals surface area (Å²) < 4.78 is 10.8. The molecule has 9 nitrogen and oxygen atoms in total. The molecule has 0 saturated heterocycles. The Morgan fingerprint density at radius 3 is 2.53 bits per heavy atom. The number of aromatic nitrogens is 3. The molecule has 0 unspecified atom stereocenters. The Hall–Kier alpha value is -3.46. The van der Waals surface area contributed by atoms with Gasteiger partial charge in [-0.3, -0.25) is 9.88 Å². The van der Waals surface area contributed by atoms with Crippen LogP contribution in [0.5, 0.6) is 5.75 Å². The molecular formula is C23H30N6O3. The van der Waals surface area contributed by atoms with Crippen molar-refractivity contribution in [3.05, 3.63) is 54.2 Å². The fourth-order valence-electron chi connectivity index (χ4n) is 3.15. The molecule has 2 aromatic heterocycles.